The third-order valence-corrected chi connectivity index (χ3v) is 9.00. The van der Waals surface area contributed by atoms with Gasteiger partial charge in [-0.05, 0) is 74.1 Å². The first-order valence-electron chi connectivity index (χ1n) is 14.2. The van der Waals surface area contributed by atoms with Gasteiger partial charge in [-0.1, -0.05) is 26.5 Å². The van der Waals surface area contributed by atoms with Crippen molar-refractivity contribution in [1.82, 2.24) is 25.3 Å². The van der Waals surface area contributed by atoms with Crippen LogP contribution in [0.2, 0.25) is 0 Å². The van der Waals surface area contributed by atoms with Crippen LogP contribution in [0.25, 0.3) is 33.3 Å². The number of hydrogen-bond donors (Lipinski definition) is 4. The lowest BCUT2D eigenvalue weighted by Gasteiger charge is -2.19. The van der Waals surface area contributed by atoms with Gasteiger partial charge in [0.1, 0.15) is 0 Å². The third kappa shape index (κ3) is 4.10. The van der Waals surface area contributed by atoms with Crippen molar-refractivity contribution >= 4 is 51.1 Å². The molecule has 0 unspecified atom stereocenters. The molecular formula is C33H33N5O4. The molecule has 2 aromatic rings. The molecule has 4 aliphatic rings. The molecule has 4 aliphatic heterocycles. The summed E-state index contributed by atoms with van der Waals surface area (Å²) in [5.74, 6) is -2.33. The van der Waals surface area contributed by atoms with Gasteiger partial charge in [-0.25, -0.2) is 9.97 Å². The lowest BCUT2D eigenvalue weighted by molar-refractivity contribution is -0.137. The number of nitrogens with one attached hydrogen (secondary N) is 3. The number of fused-ring (bicyclic) bond motifs is 8. The van der Waals surface area contributed by atoms with Gasteiger partial charge in [-0.15, -0.1) is 0 Å². The first-order chi connectivity index (χ1) is 20.0. The third-order valence-electron chi connectivity index (χ3n) is 9.00. The number of nitrogens with zero attached hydrogens (tertiary/aromatic N) is 2. The highest BCUT2D eigenvalue weighted by Crippen LogP contribution is 2.44. The number of amides is 2. The van der Waals surface area contributed by atoms with E-state index in [4.69, 9.17) is 9.97 Å². The summed E-state index contributed by atoms with van der Waals surface area (Å²) in [5.41, 5.74) is 11.1. The van der Waals surface area contributed by atoms with Crippen molar-refractivity contribution < 1.29 is 19.5 Å². The standard InChI is InChI=1S/C33H33N5O4/c1-7-18-14(3)21-11-23-16(5)20(9-10-27(39)40)30(36-23)29-31-28(32(41)38-33(29)42)17(6)24(37-31)13-26-19(8-2)15(4)22(35-26)12-25(18)34-21/h7,11-13,16,20,36-37H,1,8-10H2,2-6H3,(H,39,40)(H,38,41,42)/t16-,20-/m0/s1. The van der Waals surface area contributed by atoms with Crippen LogP contribution in [0.15, 0.2) is 30.9 Å². The van der Waals surface area contributed by atoms with E-state index in [2.05, 4.69) is 35.7 Å². The molecule has 6 heterocycles. The zero-order chi connectivity index (χ0) is 30.0. The van der Waals surface area contributed by atoms with Crippen molar-refractivity contribution in [3.05, 3.63) is 81.7 Å². The molecule has 0 aliphatic carbocycles. The summed E-state index contributed by atoms with van der Waals surface area (Å²) in [6.45, 7) is 14.0. The summed E-state index contributed by atoms with van der Waals surface area (Å²) in [5, 5.41) is 12.0. The molecule has 42 heavy (non-hydrogen) atoms. The van der Waals surface area contributed by atoms with E-state index in [1.807, 2.05) is 39.0 Å². The number of carbonyl (C=O) groups is 3. The van der Waals surface area contributed by atoms with Crippen LogP contribution in [0.1, 0.15) is 119 Å². The van der Waals surface area contributed by atoms with E-state index in [1.54, 1.807) is 6.08 Å². The number of aromatic amines is 2. The van der Waals surface area contributed by atoms with Gasteiger partial charge in [0.25, 0.3) is 11.8 Å². The molecule has 8 bridgehead atoms. The second-order valence-electron chi connectivity index (χ2n) is 11.3. The van der Waals surface area contributed by atoms with Gasteiger partial charge in [-0.3, -0.25) is 19.7 Å². The SMILES string of the molecule is C=CC1=C(C)c2cc3[nH]c(c4c5[nH]c(cc6nc(cc1n2)C(C)=C6CC)c(C)c5C(=O)NC4=O)[C@@H](CCC(=O)O)[C@@H]3C. The highest BCUT2D eigenvalue weighted by atomic mass is 16.4. The summed E-state index contributed by atoms with van der Waals surface area (Å²) in [4.78, 5) is 55.1. The summed E-state index contributed by atoms with van der Waals surface area (Å²) in [7, 11) is 0. The average Bonchev–Trinajstić information content (AvgIpc) is 3.61. The maximum absolute atomic E-state index is 13.5. The van der Waals surface area contributed by atoms with Crippen LogP contribution in [0, 0.1) is 6.92 Å². The van der Waals surface area contributed by atoms with Gasteiger partial charge in [0.2, 0.25) is 0 Å². The molecule has 2 aromatic heterocycles. The van der Waals surface area contributed by atoms with E-state index < -0.39 is 17.8 Å². The Morgan fingerprint density at radius 1 is 0.976 bits per heavy atom. The van der Waals surface area contributed by atoms with E-state index >= 15 is 0 Å². The second-order valence-corrected chi connectivity index (χ2v) is 11.3. The zero-order valence-electron chi connectivity index (χ0n) is 24.4. The lowest BCUT2D eigenvalue weighted by Crippen LogP contribution is -2.35. The Kier molecular flexibility index (Phi) is 6.48. The van der Waals surface area contributed by atoms with Crippen LogP contribution in [0.3, 0.4) is 0 Å². The van der Waals surface area contributed by atoms with Crippen molar-refractivity contribution in [2.24, 2.45) is 0 Å². The summed E-state index contributed by atoms with van der Waals surface area (Å²) >= 11 is 0. The Hall–Kier alpha value is -4.79. The number of hydrogen-bond acceptors (Lipinski definition) is 5. The Bertz CT molecular complexity index is 1890. The molecule has 0 saturated carbocycles. The second kappa shape index (κ2) is 9.94. The highest BCUT2D eigenvalue weighted by molar-refractivity contribution is 6.23. The fourth-order valence-corrected chi connectivity index (χ4v) is 6.60. The van der Waals surface area contributed by atoms with Gasteiger partial charge >= 0.3 is 5.97 Å². The maximum Gasteiger partial charge on any atom is 0.303 e. The van der Waals surface area contributed by atoms with Crippen LogP contribution < -0.4 is 5.32 Å². The molecule has 9 heteroatoms. The van der Waals surface area contributed by atoms with E-state index in [-0.39, 0.29) is 18.3 Å². The predicted molar refractivity (Wildman–Crippen MR) is 162 cm³/mol. The van der Waals surface area contributed by atoms with Crippen LogP contribution in [-0.4, -0.2) is 42.8 Å². The first kappa shape index (κ1) is 27.4. The van der Waals surface area contributed by atoms with Crippen molar-refractivity contribution in [3.8, 4) is 0 Å². The molecule has 6 rings (SSSR count). The minimum absolute atomic E-state index is 0.0613. The molecule has 2 amide bonds. The molecule has 214 valence electrons. The van der Waals surface area contributed by atoms with Crippen molar-refractivity contribution in [2.45, 2.75) is 65.7 Å². The van der Waals surface area contributed by atoms with E-state index in [9.17, 15) is 19.5 Å². The number of aromatic nitrogens is 4. The van der Waals surface area contributed by atoms with Crippen molar-refractivity contribution in [2.75, 3.05) is 0 Å². The molecule has 0 fully saturated rings. The lowest BCUT2D eigenvalue weighted by atomic mass is 9.85. The molecule has 0 aromatic carbocycles. The predicted octanol–water partition coefficient (Wildman–Crippen LogP) is 6.44. The molecular weight excluding hydrogens is 530 g/mol. The average molecular weight is 564 g/mol. The van der Waals surface area contributed by atoms with Crippen LogP contribution >= 0.6 is 0 Å². The fourth-order valence-electron chi connectivity index (χ4n) is 6.60. The molecule has 0 saturated heterocycles. The van der Waals surface area contributed by atoms with Gasteiger partial charge < -0.3 is 15.1 Å². The number of carbonyl (C=O) groups excluding carboxylic acids is 2. The molecule has 0 spiro atoms. The molecule has 9 nitrogen and oxygen atoms in total. The quantitative estimate of drug-likeness (QED) is 0.309. The number of allylic oxidation sites excluding steroid dienone is 5. The Morgan fingerprint density at radius 3 is 2.36 bits per heavy atom. The number of aryl methyl sites for hydroxylation is 1. The number of aliphatic carboxylic acids is 1. The fraction of sp³-hybridized carbons (Fsp3) is 0.303. The van der Waals surface area contributed by atoms with Gasteiger partial charge in [0, 0.05) is 40.7 Å². The van der Waals surface area contributed by atoms with Gasteiger partial charge in [-0.2, -0.15) is 0 Å². The van der Waals surface area contributed by atoms with Crippen LogP contribution in [0.4, 0.5) is 0 Å². The molecule has 0 radical (unpaired) electrons. The first-order valence-corrected chi connectivity index (χ1v) is 14.2. The summed E-state index contributed by atoms with van der Waals surface area (Å²) in [6, 6.07) is 5.90. The van der Waals surface area contributed by atoms with E-state index in [0.717, 1.165) is 57.2 Å². The molecule has 4 N–H and O–H groups in total. The summed E-state index contributed by atoms with van der Waals surface area (Å²) in [6.07, 6.45) is 2.82. The Balaban J connectivity index is 1.80. The monoisotopic (exact) mass is 563 g/mol. The maximum atomic E-state index is 13.5. The Labute approximate surface area is 243 Å². The summed E-state index contributed by atoms with van der Waals surface area (Å²) < 4.78 is 0. The normalized spacial score (nSPS) is 18.8. The number of imide groups is 1. The Morgan fingerprint density at radius 2 is 1.67 bits per heavy atom. The smallest absolute Gasteiger partial charge is 0.303 e. The van der Waals surface area contributed by atoms with Crippen molar-refractivity contribution in [1.29, 1.82) is 0 Å². The zero-order valence-corrected chi connectivity index (χ0v) is 24.4. The topological polar surface area (TPSA) is 141 Å². The van der Waals surface area contributed by atoms with Crippen LogP contribution in [0.5, 0.6) is 0 Å². The number of H-pyrrole nitrogens is 2. The van der Waals surface area contributed by atoms with Crippen molar-refractivity contribution in [3.63, 3.8) is 0 Å². The van der Waals surface area contributed by atoms with Crippen LogP contribution in [-0.2, 0) is 4.79 Å². The number of rotatable bonds is 5. The largest absolute Gasteiger partial charge is 0.481 e. The van der Waals surface area contributed by atoms with E-state index in [1.165, 1.54) is 0 Å². The number of carboxylic acid groups (broad SMARTS) is 1. The highest BCUT2D eigenvalue weighted by Gasteiger charge is 2.36. The van der Waals surface area contributed by atoms with E-state index in [0.29, 0.717) is 39.8 Å². The minimum atomic E-state index is -0.910. The minimum Gasteiger partial charge on any atom is -0.481 e. The molecule has 2 atom stereocenters. The number of carboxylic acids is 1. The van der Waals surface area contributed by atoms with Gasteiger partial charge in [0.15, 0.2) is 0 Å². The van der Waals surface area contributed by atoms with Gasteiger partial charge in [0.05, 0.1) is 39.4 Å².